The zero-order chi connectivity index (χ0) is 14.3. The highest BCUT2D eigenvalue weighted by Crippen LogP contribution is 2.21. The van der Waals surface area contributed by atoms with Gasteiger partial charge in [0.25, 0.3) is 5.91 Å². The summed E-state index contributed by atoms with van der Waals surface area (Å²) in [7, 11) is 0. The third kappa shape index (κ3) is 2.16. The molecule has 100 valence electrons. The van der Waals surface area contributed by atoms with Gasteiger partial charge in [-0.25, -0.2) is 13.5 Å². The van der Waals surface area contributed by atoms with Crippen LogP contribution in [0.15, 0.2) is 12.1 Å². The predicted molar refractivity (Wildman–Crippen MR) is 67.3 cm³/mol. The summed E-state index contributed by atoms with van der Waals surface area (Å²) in [6.45, 7) is 6.31. The molecule has 0 aliphatic rings. The first-order valence-corrected chi connectivity index (χ1v) is 5.86. The van der Waals surface area contributed by atoms with Crippen molar-refractivity contribution in [3.63, 3.8) is 0 Å². The minimum Gasteiger partial charge on any atom is -0.267 e. The van der Waals surface area contributed by atoms with Gasteiger partial charge in [0, 0.05) is 16.8 Å². The minimum atomic E-state index is -0.982. The molecule has 5 heteroatoms. The number of carbonyl (C=O) groups is 1. The van der Waals surface area contributed by atoms with Gasteiger partial charge >= 0.3 is 0 Å². The van der Waals surface area contributed by atoms with E-state index in [1.807, 2.05) is 0 Å². The third-order valence-electron chi connectivity index (χ3n) is 3.07. The van der Waals surface area contributed by atoms with Crippen LogP contribution in [-0.4, -0.2) is 15.7 Å². The van der Waals surface area contributed by atoms with Gasteiger partial charge < -0.3 is 0 Å². The first-order chi connectivity index (χ1) is 8.82. The Hall–Kier alpha value is -2.04. The molecule has 0 bridgehead atoms. The van der Waals surface area contributed by atoms with Crippen LogP contribution < -0.4 is 0 Å². The minimum absolute atomic E-state index is 0.000605. The van der Waals surface area contributed by atoms with E-state index in [0.29, 0.717) is 11.4 Å². The molecule has 2 rings (SSSR count). The van der Waals surface area contributed by atoms with E-state index in [1.165, 1.54) is 24.6 Å². The monoisotopic (exact) mass is 264 g/mol. The Morgan fingerprint density at radius 3 is 2.26 bits per heavy atom. The number of aromatic nitrogens is 2. The number of rotatable bonds is 1. The Labute approximate surface area is 109 Å². The van der Waals surface area contributed by atoms with Crippen LogP contribution in [-0.2, 0) is 0 Å². The van der Waals surface area contributed by atoms with Crippen LogP contribution in [0.5, 0.6) is 0 Å². The van der Waals surface area contributed by atoms with Crippen molar-refractivity contribution in [2.45, 2.75) is 27.7 Å². The van der Waals surface area contributed by atoms with Gasteiger partial charge in [0.15, 0.2) is 11.6 Å². The van der Waals surface area contributed by atoms with E-state index in [4.69, 9.17) is 0 Å². The number of halogens is 2. The molecule has 0 fully saturated rings. The van der Waals surface area contributed by atoms with Crippen LogP contribution in [0.4, 0.5) is 8.78 Å². The molecule has 19 heavy (non-hydrogen) atoms. The van der Waals surface area contributed by atoms with Crippen molar-refractivity contribution in [2.75, 3.05) is 0 Å². The number of nitrogens with zero attached hydrogens (tertiary/aromatic N) is 2. The number of carbonyl (C=O) groups excluding carboxylic acids is 1. The van der Waals surface area contributed by atoms with Crippen molar-refractivity contribution in [2.24, 2.45) is 0 Å². The lowest BCUT2D eigenvalue weighted by Crippen LogP contribution is -2.18. The normalized spacial score (nSPS) is 10.8. The van der Waals surface area contributed by atoms with Crippen LogP contribution in [0.2, 0.25) is 0 Å². The molecule has 0 aliphatic heterocycles. The highest BCUT2D eigenvalue weighted by Gasteiger charge is 2.20. The maximum atomic E-state index is 13.7. The Morgan fingerprint density at radius 2 is 1.74 bits per heavy atom. The van der Waals surface area contributed by atoms with Gasteiger partial charge in [-0.05, 0) is 45.4 Å². The second kappa shape index (κ2) is 4.57. The molecule has 0 spiro atoms. The third-order valence-corrected chi connectivity index (χ3v) is 3.07. The standard InChI is InChI=1S/C14H14F2N2O/c1-7-5-11(10(4)13(16)12(7)15)14(19)18-9(3)6-8(2)17-18/h5-6H,1-4H3. The van der Waals surface area contributed by atoms with Gasteiger partial charge in [-0.2, -0.15) is 5.10 Å². The molecule has 0 amide bonds. The molecule has 0 atom stereocenters. The highest BCUT2D eigenvalue weighted by molar-refractivity contribution is 5.97. The number of hydrogen-bond donors (Lipinski definition) is 0. The van der Waals surface area contributed by atoms with Crippen LogP contribution in [0.25, 0.3) is 0 Å². The van der Waals surface area contributed by atoms with Gasteiger partial charge in [-0.15, -0.1) is 0 Å². The van der Waals surface area contributed by atoms with E-state index in [9.17, 15) is 13.6 Å². The molecule has 1 aromatic carbocycles. The summed E-state index contributed by atoms with van der Waals surface area (Å²) in [5.74, 6) is -2.35. The van der Waals surface area contributed by atoms with Crippen molar-refractivity contribution in [3.8, 4) is 0 Å². The smallest absolute Gasteiger partial charge is 0.267 e. The fourth-order valence-electron chi connectivity index (χ4n) is 2.01. The molecule has 0 radical (unpaired) electrons. The number of benzene rings is 1. The van der Waals surface area contributed by atoms with Crippen LogP contribution in [0.1, 0.15) is 32.9 Å². The number of aryl methyl sites for hydroxylation is 3. The highest BCUT2D eigenvalue weighted by atomic mass is 19.2. The summed E-state index contributed by atoms with van der Waals surface area (Å²) in [4.78, 5) is 12.3. The molecule has 0 saturated heterocycles. The Morgan fingerprint density at radius 1 is 1.11 bits per heavy atom. The second-order valence-corrected chi connectivity index (χ2v) is 4.64. The first kappa shape index (κ1) is 13.4. The fraction of sp³-hybridized carbons (Fsp3) is 0.286. The van der Waals surface area contributed by atoms with Crippen molar-refractivity contribution in [1.82, 2.24) is 9.78 Å². The lowest BCUT2D eigenvalue weighted by molar-refractivity contribution is 0.0941. The Balaban J connectivity index is 2.60. The maximum absolute atomic E-state index is 13.7. The zero-order valence-corrected chi connectivity index (χ0v) is 11.2. The summed E-state index contributed by atoms with van der Waals surface area (Å²) < 4.78 is 28.3. The summed E-state index contributed by atoms with van der Waals surface area (Å²) in [5.41, 5.74) is 1.59. The van der Waals surface area contributed by atoms with Gasteiger partial charge in [-0.1, -0.05) is 0 Å². The van der Waals surface area contributed by atoms with Gasteiger partial charge in [0.1, 0.15) is 0 Å². The molecule has 0 aliphatic carbocycles. The SMILES string of the molecule is Cc1cc(C)n(C(=O)c2cc(C)c(F)c(F)c2C)n1. The molecule has 0 saturated carbocycles. The molecular weight excluding hydrogens is 250 g/mol. The molecule has 0 unspecified atom stereocenters. The molecule has 1 heterocycles. The molecule has 1 aromatic heterocycles. The lowest BCUT2D eigenvalue weighted by Gasteiger charge is -2.10. The molecular formula is C14H14F2N2O. The first-order valence-electron chi connectivity index (χ1n) is 5.86. The van der Waals surface area contributed by atoms with Crippen molar-refractivity contribution in [1.29, 1.82) is 0 Å². The van der Waals surface area contributed by atoms with Crippen LogP contribution in [0.3, 0.4) is 0 Å². The van der Waals surface area contributed by atoms with Gasteiger partial charge in [-0.3, -0.25) is 4.79 Å². The quantitative estimate of drug-likeness (QED) is 0.793. The maximum Gasteiger partial charge on any atom is 0.278 e. The van der Waals surface area contributed by atoms with E-state index in [2.05, 4.69) is 5.10 Å². The Bertz CT molecular complexity index is 675. The van der Waals surface area contributed by atoms with Crippen molar-refractivity contribution >= 4 is 5.91 Å². The summed E-state index contributed by atoms with van der Waals surface area (Å²) >= 11 is 0. The van der Waals surface area contributed by atoms with Crippen LogP contribution >= 0.6 is 0 Å². The van der Waals surface area contributed by atoms with Crippen molar-refractivity contribution in [3.05, 3.63) is 51.8 Å². The second-order valence-electron chi connectivity index (χ2n) is 4.64. The summed E-state index contributed by atoms with van der Waals surface area (Å²) in [5, 5.41) is 4.06. The van der Waals surface area contributed by atoms with Gasteiger partial charge in [0.2, 0.25) is 0 Å². The zero-order valence-electron chi connectivity index (χ0n) is 11.2. The molecule has 3 nitrogen and oxygen atoms in total. The van der Waals surface area contributed by atoms with E-state index in [-0.39, 0.29) is 16.7 Å². The average Bonchev–Trinajstić information content (AvgIpc) is 2.69. The molecule has 2 aromatic rings. The van der Waals surface area contributed by atoms with Crippen LogP contribution in [0, 0.1) is 39.3 Å². The topological polar surface area (TPSA) is 34.9 Å². The number of hydrogen-bond acceptors (Lipinski definition) is 2. The summed E-state index contributed by atoms with van der Waals surface area (Å²) in [6, 6.07) is 3.10. The van der Waals surface area contributed by atoms with Crippen molar-refractivity contribution < 1.29 is 13.6 Å². The van der Waals surface area contributed by atoms with E-state index >= 15 is 0 Å². The largest absolute Gasteiger partial charge is 0.278 e. The van der Waals surface area contributed by atoms with Gasteiger partial charge in [0.05, 0.1) is 5.69 Å². The summed E-state index contributed by atoms with van der Waals surface area (Å²) in [6.07, 6.45) is 0. The van der Waals surface area contributed by atoms with E-state index in [1.54, 1.807) is 19.9 Å². The average molecular weight is 264 g/mol. The Kier molecular flexibility index (Phi) is 3.22. The predicted octanol–water partition coefficient (Wildman–Crippen LogP) is 3.08. The van der Waals surface area contributed by atoms with E-state index < -0.39 is 17.5 Å². The lowest BCUT2D eigenvalue weighted by atomic mass is 10.0. The van der Waals surface area contributed by atoms with E-state index in [0.717, 1.165) is 0 Å². The molecule has 0 N–H and O–H groups in total. The fourth-order valence-corrected chi connectivity index (χ4v) is 2.01.